The van der Waals surface area contributed by atoms with Crippen LogP contribution in [0.2, 0.25) is 0 Å². The van der Waals surface area contributed by atoms with E-state index in [1.807, 2.05) is 6.92 Å². The van der Waals surface area contributed by atoms with E-state index in [0.717, 1.165) is 32.3 Å². The molecule has 1 aromatic heterocycles. The summed E-state index contributed by atoms with van der Waals surface area (Å²) in [4.78, 5) is 41.6. The molecule has 0 bridgehead atoms. The van der Waals surface area contributed by atoms with E-state index in [-0.39, 0.29) is 24.2 Å². The van der Waals surface area contributed by atoms with Gasteiger partial charge in [0.15, 0.2) is 5.69 Å². The average Bonchev–Trinajstić information content (AvgIpc) is 3.28. The number of nitrogens with two attached hydrogens (primary N) is 1. The van der Waals surface area contributed by atoms with Crippen molar-refractivity contribution < 1.29 is 14.3 Å². The van der Waals surface area contributed by atoms with Crippen LogP contribution >= 0.6 is 0 Å². The summed E-state index contributed by atoms with van der Waals surface area (Å²) in [6.07, 6.45) is 3.62. The van der Waals surface area contributed by atoms with Gasteiger partial charge >= 0.3 is 5.69 Å². The van der Waals surface area contributed by atoms with Crippen molar-refractivity contribution in [2.24, 2.45) is 0 Å². The first-order chi connectivity index (χ1) is 15.0. The van der Waals surface area contributed by atoms with Crippen LogP contribution in [0.15, 0.2) is 33.9 Å². The van der Waals surface area contributed by atoms with Crippen molar-refractivity contribution in [3.63, 3.8) is 0 Å². The van der Waals surface area contributed by atoms with Crippen LogP contribution in [0.1, 0.15) is 49.9 Å². The van der Waals surface area contributed by atoms with Crippen LogP contribution in [0.5, 0.6) is 5.75 Å². The standard InChI is InChI=1S/C22H30N4O5/c1-3-5-11-26-19(23)18(20(27)24-22(26)29)25(4-2)21(28)15-8-6-9-16(13-15)31-14-17-10-7-12-30-17/h6,8-9,13,17H,3-5,7,10-12,14,23H2,1-2H3,(H,24,27,29). The Kier molecular flexibility index (Phi) is 7.51. The maximum absolute atomic E-state index is 13.3. The molecule has 2 aromatic rings. The molecular formula is C22H30N4O5. The molecule has 9 nitrogen and oxygen atoms in total. The summed E-state index contributed by atoms with van der Waals surface area (Å²) in [6, 6.07) is 6.79. The third kappa shape index (κ3) is 5.16. The Hall–Kier alpha value is -3.07. The highest BCUT2D eigenvalue weighted by atomic mass is 16.5. The molecule has 1 fully saturated rings. The number of hydrogen-bond donors (Lipinski definition) is 2. The van der Waals surface area contributed by atoms with Gasteiger partial charge in [-0.25, -0.2) is 4.79 Å². The molecule has 1 aliphatic heterocycles. The normalized spacial score (nSPS) is 15.7. The zero-order chi connectivity index (χ0) is 22.4. The molecule has 0 saturated carbocycles. The lowest BCUT2D eigenvalue weighted by Crippen LogP contribution is -2.41. The van der Waals surface area contributed by atoms with Crippen LogP contribution in [-0.4, -0.2) is 41.3 Å². The minimum atomic E-state index is -0.684. The molecule has 168 valence electrons. The number of aromatic nitrogens is 2. The minimum absolute atomic E-state index is 0.0109. The fourth-order valence-corrected chi connectivity index (χ4v) is 3.62. The summed E-state index contributed by atoms with van der Waals surface area (Å²) in [5.74, 6) is 0.137. The lowest BCUT2D eigenvalue weighted by Gasteiger charge is -2.23. The number of carbonyl (C=O) groups is 1. The van der Waals surface area contributed by atoms with Crippen molar-refractivity contribution in [2.45, 2.75) is 52.2 Å². The Labute approximate surface area is 180 Å². The Balaban J connectivity index is 1.87. The lowest BCUT2D eigenvalue weighted by molar-refractivity contribution is 0.0679. The molecule has 0 spiro atoms. The highest BCUT2D eigenvalue weighted by Gasteiger charge is 2.24. The van der Waals surface area contributed by atoms with Crippen molar-refractivity contribution >= 4 is 17.4 Å². The number of amides is 1. The predicted octanol–water partition coefficient (Wildman–Crippen LogP) is 2.14. The van der Waals surface area contributed by atoms with Crippen LogP contribution in [0.25, 0.3) is 0 Å². The van der Waals surface area contributed by atoms with E-state index in [1.54, 1.807) is 31.2 Å². The van der Waals surface area contributed by atoms with E-state index in [1.165, 1.54) is 9.47 Å². The number of benzene rings is 1. The second-order valence-electron chi connectivity index (χ2n) is 7.52. The fourth-order valence-electron chi connectivity index (χ4n) is 3.62. The van der Waals surface area contributed by atoms with E-state index < -0.39 is 17.2 Å². The molecule has 1 amide bonds. The number of nitrogens with one attached hydrogen (secondary N) is 1. The third-order valence-corrected chi connectivity index (χ3v) is 5.32. The van der Waals surface area contributed by atoms with Crippen LogP contribution in [0.4, 0.5) is 11.5 Å². The van der Waals surface area contributed by atoms with Crippen LogP contribution < -0.4 is 26.6 Å². The Morgan fingerprint density at radius 3 is 2.84 bits per heavy atom. The van der Waals surface area contributed by atoms with Gasteiger partial charge in [0.05, 0.1) is 6.10 Å². The Morgan fingerprint density at radius 2 is 2.16 bits per heavy atom. The molecule has 3 N–H and O–H groups in total. The van der Waals surface area contributed by atoms with E-state index in [9.17, 15) is 14.4 Å². The van der Waals surface area contributed by atoms with Crippen molar-refractivity contribution in [3.8, 4) is 5.75 Å². The van der Waals surface area contributed by atoms with Crippen LogP contribution in [0, 0.1) is 0 Å². The summed E-state index contributed by atoms with van der Waals surface area (Å²) in [6.45, 7) is 5.47. The lowest BCUT2D eigenvalue weighted by atomic mass is 10.1. The van der Waals surface area contributed by atoms with Gasteiger partial charge in [-0.2, -0.15) is 0 Å². The molecule has 1 aromatic carbocycles. The maximum Gasteiger partial charge on any atom is 0.330 e. The van der Waals surface area contributed by atoms with Gasteiger partial charge < -0.3 is 20.1 Å². The van der Waals surface area contributed by atoms with Crippen molar-refractivity contribution in [3.05, 3.63) is 50.7 Å². The molecule has 1 unspecified atom stereocenters. The quantitative estimate of drug-likeness (QED) is 0.629. The van der Waals surface area contributed by atoms with Crippen molar-refractivity contribution in [1.29, 1.82) is 0 Å². The summed E-state index contributed by atoms with van der Waals surface area (Å²) in [5, 5.41) is 0. The number of aromatic amines is 1. The zero-order valence-electron chi connectivity index (χ0n) is 18.1. The molecule has 1 atom stereocenters. The molecule has 3 rings (SSSR count). The number of anilines is 2. The monoisotopic (exact) mass is 430 g/mol. The molecule has 1 aliphatic rings. The molecule has 2 heterocycles. The third-order valence-electron chi connectivity index (χ3n) is 5.32. The average molecular weight is 431 g/mol. The highest BCUT2D eigenvalue weighted by molar-refractivity contribution is 6.07. The Morgan fingerprint density at radius 1 is 1.35 bits per heavy atom. The van der Waals surface area contributed by atoms with Gasteiger partial charge in [0.25, 0.3) is 11.5 Å². The molecule has 9 heteroatoms. The number of nitrogens with zero attached hydrogens (tertiary/aromatic N) is 2. The first-order valence-electron chi connectivity index (χ1n) is 10.7. The predicted molar refractivity (Wildman–Crippen MR) is 119 cm³/mol. The van der Waals surface area contributed by atoms with Gasteiger partial charge in [-0.15, -0.1) is 0 Å². The summed E-state index contributed by atoms with van der Waals surface area (Å²) >= 11 is 0. The summed E-state index contributed by atoms with van der Waals surface area (Å²) < 4.78 is 12.7. The van der Waals surface area contributed by atoms with Crippen molar-refractivity contribution in [1.82, 2.24) is 9.55 Å². The first-order valence-corrected chi connectivity index (χ1v) is 10.7. The molecule has 0 aliphatic carbocycles. The van der Waals surface area contributed by atoms with Crippen LogP contribution in [-0.2, 0) is 11.3 Å². The van der Waals surface area contributed by atoms with Gasteiger partial charge in [-0.1, -0.05) is 19.4 Å². The second kappa shape index (κ2) is 10.3. The van der Waals surface area contributed by atoms with Gasteiger partial charge in [-0.3, -0.25) is 19.1 Å². The topological polar surface area (TPSA) is 120 Å². The maximum atomic E-state index is 13.3. The largest absolute Gasteiger partial charge is 0.491 e. The van der Waals surface area contributed by atoms with Gasteiger partial charge in [-0.05, 0) is 44.4 Å². The van der Waals surface area contributed by atoms with Gasteiger partial charge in [0, 0.05) is 25.3 Å². The van der Waals surface area contributed by atoms with Gasteiger partial charge in [0.2, 0.25) is 0 Å². The summed E-state index contributed by atoms with van der Waals surface area (Å²) in [5.41, 5.74) is 5.25. The molecule has 0 radical (unpaired) electrons. The van der Waals surface area contributed by atoms with Crippen molar-refractivity contribution in [2.75, 3.05) is 30.4 Å². The molecular weight excluding hydrogens is 400 g/mol. The fraction of sp³-hybridized carbons (Fsp3) is 0.500. The van der Waals surface area contributed by atoms with Crippen LogP contribution in [0.3, 0.4) is 0 Å². The highest BCUT2D eigenvalue weighted by Crippen LogP contribution is 2.22. The number of rotatable bonds is 9. The van der Waals surface area contributed by atoms with E-state index >= 15 is 0 Å². The SMILES string of the molecule is CCCCn1c(N)c(N(CC)C(=O)c2cccc(OCC3CCCO3)c2)c(=O)[nH]c1=O. The number of ether oxygens (including phenoxy) is 2. The number of nitrogen functional groups attached to an aromatic ring is 1. The second-order valence-corrected chi connectivity index (χ2v) is 7.52. The molecule has 31 heavy (non-hydrogen) atoms. The summed E-state index contributed by atoms with van der Waals surface area (Å²) in [7, 11) is 0. The number of H-pyrrole nitrogens is 1. The van der Waals surface area contributed by atoms with E-state index in [4.69, 9.17) is 15.2 Å². The first kappa shape index (κ1) is 22.6. The minimum Gasteiger partial charge on any atom is -0.491 e. The zero-order valence-corrected chi connectivity index (χ0v) is 18.1. The smallest absolute Gasteiger partial charge is 0.330 e. The Bertz CT molecular complexity index is 1020. The van der Waals surface area contributed by atoms with Gasteiger partial charge in [0.1, 0.15) is 18.2 Å². The number of hydrogen-bond acceptors (Lipinski definition) is 6. The molecule has 1 saturated heterocycles. The number of carbonyl (C=O) groups excluding carboxylic acids is 1. The van der Waals surface area contributed by atoms with E-state index in [2.05, 4.69) is 4.98 Å². The number of unbranched alkanes of at least 4 members (excludes halogenated alkanes) is 1. The van der Waals surface area contributed by atoms with E-state index in [0.29, 0.717) is 24.5 Å².